The van der Waals surface area contributed by atoms with Crippen LogP contribution in [0.4, 0.5) is 0 Å². The Bertz CT molecular complexity index is 97.0. The third-order valence-corrected chi connectivity index (χ3v) is 1.13. The van der Waals surface area contributed by atoms with Crippen molar-refractivity contribution in [2.45, 2.75) is 19.9 Å². The molecule has 0 aliphatic rings. The zero-order valence-electron chi connectivity index (χ0n) is 5.48. The Morgan fingerprint density at radius 2 is 2.44 bits per heavy atom. The van der Waals surface area contributed by atoms with Crippen LogP contribution in [-0.4, -0.2) is 18.6 Å². The molecule has 0 saturated carbocycles. The van der Waals surface area contributed by atoms with Gasteiger partial charge in [-0.3, -0.25) is 4.79 Å². The first kappa shape index (κ1) is 8.72. The summed E-state index contributed by atoms with van der Waals surface area (Å²) in [5.74, 6) is -0.326. The molecule has 1 atom stereocenters. The molecule has 0 rings (SSSR count). The highest BCUT2D eigenvalue weighted by Gasteiger charge is 2.10. The number of halogens is 1. The Hall–Kier alpha value is -0.280. The molecule has 0 bridgehead atoms. The van der Waals surface area contributed by atoms with E-state index in [0.717, 1.165) is 0 Å². The molecule has 0 heterocycles. The molecule has 0 aromatic rings. The molecule has 9 heavy (non-hydrogen) atoms. The fraction of sp³-hybridized carbons (Fsp3) is 0.800. The first-order valence-corrected chi connectivity index (χ1v) is 3.13. The van der Waals surface area contributed by atoms with E-state index in [1.54, 1.807) is 13.8 Å². The van der Waals surface area contributed by atoms with Gasteiger partial charge >= 0.3 is 5.97 Å². The predicted octanol–water partition coefficient (Wildman–Crippen LogP) is 0.681. The lowest BCUT2D eigenvalue weighted by Gasteiger charge is -2.05. The highest BCUT2D eigenvalue weighted by atomic mass is 35.5. The van der Waals surface area contributed by atoms with Crippen molar-refractivity contribution in [1.82, 2.24) is 4.84 Å². The number of ether oxygens (including phenoxy) is 1. The van der Waals surface area contributed by atoms with E-state index < -0.39 is 6.04 Å². The first-order chi connectivity index (χ1) is 4.22. The van der Waals surface area contributed by atoms with E-state index in [9.17, 15) is 4.79 Å². The Morgan fingerprint density at radius 3 is 2.78 bits per heavy atom. The Labute approximate surface area is 59.4 Å². The molecule has 0 saturated heterocycles. The number of esters is 1. The lowest BCUT2D eigenvalue weighted by Crippen LogP contribution is -2.29. The van der Waals surface area contributed by atoms with Crippen molar-refractivity contribution >= 4 is 17.7 Å². The molecular weight excluding hydrogens is 142 g/mol. The van der Waals surface area contributed by atoms with Crippen LogP contribution < -0.4 is 4.84 Å². The summed E-state index contributed by atoms with van der Waals surface area (Å²) in [7, 11) is 0. The lowest BCUT2D eigenvalue weighted by atomic mass is 10.4. The van der Waals surface area contributed by atoms with E-state index in [2.05, 4.69) is 9.57 Å². The Balaban J connectivity index is 3.46. The van der Waals surface area contributed by atoms with Gasteiger partial charge in [-0.2, -0.15) is 0 Å². The zero-order valence-corrected chi connectivity index (χ0v) is 6.23. The summed E-state index contributed by atoms with van der Waals surface area (Å²) in [5.41, 5.74) is 0. The summed E-state index contributed by atoms with van der Waals surface area (Å²) < 4.78 is 4.61. The highest BCUT2D eigenvalue weighted by Crippen LogP contribution is 1.87. The Morgan fingerprint density at radius 1 is 1.89 bits per heavy atom. The number of carbonyl (C=O) groups is 1. The predicted molar refractivity (Wildman–Crippen MR) is 35.1 cm³/mol. The normalized spacial score (nSPS) is 12.8. The van der Waals surface area contributed by atoms with Gasteiger partial charge in [-0.05, 0) is 25.6 Å². The Kier molecular flexibility index (Phi) is 4.44. The van der Waals surface area contributed by atoms with Crippen molar-refractivity contribution in [2.75, 3.05) is 6.61 Å². The van der Waals surface area contributed by atoms with E-state index >= 15 is 0 Å². The maximum Gasteiger partial charge on any atom is 0.324 e. The van der Waals surface area contributed by atoms with Gasteiger partial charge in [-0.1, -0.05) is 0 Å². The topological polar surface area (TPSA) is 38.3 Å². The zero-order chi connectivity index (χ0) is 7.28. The van der Waals surface area contributed by atoms with Gasteiger partial charge < -0.3 is 4.74 Å². The number of nitrogens with one attached hydrogen (secondary N) is 1. The highest BCUT2D eigenvalue weighted by molar-refractivity contribution is 6.14. The van der Waals surface area contributed by atoms with Gasteiger partial charge in [0.25, 0.3) is 0 Å². The minimum atomic E-state index is -0.424. The van der Waals surface area contributed by atoms with Gasteiger partial charge in [0.05, 0.1) is 6.61 Å². The van der Waals surface area contributed by atoms with E-state index in [1.165, 1.54) is 0 Å². The van der Waals surface area contributed by atoms with Crippen molar-refractivity contribution < 1.29 is 9.53 Å². The number of hydrogen-bond acceptors (Lipinski definition) is 3. The van der Waals surface area contributed by atoms with Crippen LogP contribution >= 0.6 is 11.8 Å². The fourth-order valence-electron chi connectivity index (χ4n) is 0.312. The van der Waals surface area contributed by atoms with Crippen LogP contribution in [0, 0.1) is 0 Å². The molecule has 54 valence electrons. The van der Waals surface area contributed by atoms with Crippen molar-refractivity contribution in [2.24, 2.45) is 0 Å². The third kappa shape index (κ3) is 3.32. The maximum absolute atomic E-state index is 10.6. The summed E-state index contributed by atoms with van der Waals surface area (Å²) in [4.78, 5) is 12.9. The van der Waals surface area contributed by atoms with Crippen molar-refractivity contribution in [3.8, 4) is 0 Å². The molecule has 0 aliphatic heterocycles. The van der Waals surface area contributed by atoms with Gasteiger partial charge in [-0.15, -0.1) is 0 Å². The lowest BCUT2D eigenvalue weighted by molar-refractivity contribution is -0.144. The maximum atomic E-state index is 10.6. The standard InChI is InChI=1S/C5H10ClNO2/c1-3-9-5(8)4(2)7-6/h4,7H,3H2,1-2H3. The molecule has 3 nitrogen and oxygen atoms in total. The molecule has 0 aromatic heterocycles. The van der Waals surface area contributed by atoms with E-state index in [1.807, 2.05) is 0 Å². The first-order valence-electron chi connectivity index (χ1n) is 2.75. The molecule has 0 fully saturated rings. The second-order valence-electron chi connectivity index (χ2n) is 1.58. The molecule has 1 N–H and O–H groups in total. The number of hydrogen-bond donors (Lipinski definition) is 1. The van der Waals surface area contributed by atoms with Crippen LogP contribution in [0.15, 0.2) is 0 Å². The second kappa shape index (κ2) is 4.58. The minimum absolute atomic E-state index is 0.326. The molecule has 0 aliphatic carbocycles. The van der Waals surface area contributed by atoms with Gasteiger partial charge in [0.2, 0.25) is 0 Å². The van der Waals surface area contributed by atoms with Crippen LogP contribution in [0.3, 0.4) is 0 Å². The van der Waals surface area contributed by atoms with E-state index in [0.29, 0.717) is 6.61 Å². The number of rotatable bonds is 3. The van der Waals surface area contributed by atoms with Crippen LogP contribution in [0.2, 0.25) is 0 Å². The molecule has 0 amide bonds. The largest absolute Gasteiger partial charge is 0.465 e. The fourth-order valence-corrected chi connectivity index (χ4v) is 0.401. The molecule has 0 spiro atoms. The molecule has 1 unspecified atom stereocenters. The van der Waals surface area contributed by atoms with Gasteiger partial charge in [0.1, 0.15) is 6.04 Å². The van der Waals surface area contributed by atoms with E-state index in [-0.39, 0.29) is 5.97 Å². The van der Waals surface area contributed by atoms with Crippen molar-refractivity contribution in [3.05, 3.63) is 0 Å². The van der Waals surface area contributed by atoms with Crippen LogP contribution in [0.25, 0.3) is 0 Å². The van der Waals surface area contributed by atoms with Crippen molar-refractivity contribution in [3.63, 3.8) is 0 Å². The molecule has 0 radical (unpaired) electrons. The summed E-state index contributed by atoms with van der Waals surface area (Å²) in [6.45, 7) is 3.77. The van der Waals surface area contributed by atoms with Gasteiger partial charge in [0.15, 0.2) is 0 Å². The van der Waals surface area contributed by atoms with E-state index in [4.69, 9.17) is 11.8 Å². The van der Waals surface area contributed by atoms with Gasteiger partial charge in [0, 0.05) is 0 Å². The monoisotopic (exact) mass is 151 g/mol. The molecule has 4 heteroatoms. The second-order valence-corrected chi connectivity index (χ2v) is 1.80. The van der Waals surface area contributed by atoms with Crippen LogP contribution in [0.1, 0.15) is 13.8 Å². The van der Waals surface area contributed by atoms with Gasteiger partial charge in [-0.25, -0.2) is 4.84 Å². The average molecular weight is 152 g/mol. The minimum Gasteiger partial charge on any atom is -0.465 e. The molecule has 0 aromatic carbocycles. The summed E-state index contributed by atoms with van der Waals surface area (Å²) >= 11 is 5.13. The summed E-state index contributed by atoms with van der Waals surface area (Å²) in [5, 5.41) is 0. The third-order valence-electron chi connectivity index (χ3n) is 0.804. The van der Waals surface area contributed by atoms with Crippen LogP contribution in [-0.2, 0) is 9.53 Å². The SMILES string of the molecule is CCOC(=O)C(C)NCl. The van der Waals surface area contributed by atoms with Crippen molar-refractivity contribution in [1.29, 1.82) is 0 Å². The average Bonchev–Trinajstić information content (AvgIpc) is 1.87. The summed E-state index contributed by atoms with van der Waals surface area (Å²) in [6.07, 6.45) is 0. The quantitative estimate of drug-likeness (QED) is 0.476. The smallest absolute Gasteiger partial charge is 0.324 e. The van der Waals surface area contributed by atoms with Crippen LogP contribution in [0.5, 0.6) is 0 Å². The summed E-state index contributed by atoms with van der Waals surface area (Å²) in [6, 6.07) is -0.424. The molecular formula is C5H10ClNO2. The number of carbonyl (C=O) groups excluding carboxylic acids is 1.